The molecule has 0 atom stereocenters. The lowest BCUT2D eigenvalue weighted by atomic mass is 9.97. The zero-order chi connectivity index (χ0) is 14.2. The van der Waals surface area contributed by atoms with Crippen molar-refractivity contribution in [2.24, 2.45) is 0 Å². The summed E-state index contributed by atoms with van der Waals surface area (Å²) in [7, 11) is 3.33. The van der Waals surface area contributed by atoms with Crippen LogP contribution in [0.5, 0.6) is 11.5 Å². The monoisotopic (exact) mass is 311 g/mol. The molecular weight excluding hydrogens is 286 g/mol. The number of ether oxygens (including phenoxy) is 2. The van der Waals surface area contributed by atoms with Gasteiger partial charge in [-0.1, -0.05) is 17.7 Å². The van der Waals surface area contributed by atoms with E-state index in [-0.39, 0.29) is 12.4 Å². The van der Waals surface area contributed by atoms with E-state index in [9.17, 15) is 0 Å². The number of hydrogen-bond acceptors (Lipinski definition) is 3. The van der Waals surface area contributed by atoms with Gasteiger partial charge in [0.15, 0.2) is 11.5 Å². The molecule has 2 rings (SSSR count). The van der Waals surface area contributed by atoms with Crippen molar-refractivity contribution < 1.29 is 9.47 Å². The van der Waals surface area contributed by atoms with E-state index in [1.54, 1.807) is 19.8 Å². The molecule has 0 radical (unpaired) electrons. The molecule has 1 aromatic rings. The van der Waals surface area contributed by atoms with Crippen molar-refractivity contribution in [1.82, 2.24) is 5.32 Å². The van der Waals surface area contributed by atoms with Gasteiger partial charge in [-0.3, -0.25) is 0 Å². The van der Waals surface area contributed by atoms with Crippen LogP contribution in [0, 0.1) is 0 Å². The fraction of sp³-hybridized carbons (Fsp3) is 0.529. The molecular formula is C17H26ClNO2. The van der Waals surface area contributed by atoms with Gasteiger partial charge in [-0.05, 0) is 56.3 Å². The van der Waals surface area contributed by atoms with Crippen LogP contribution in [0.4, 0.5) is 0 Å². The third kappa shape index (κ3) is 5.60. The first-order valence-electron chi connectivity index (χ1n) is 7.43. The molecule has 4 heteroatoms. The SMILES string of the molecule is COc1ccc(CNCCC2=CCCCC2)cc1OC.Cl. The minimum Gasteiger partial charge on any atom is -0.493 e. The minimum absolute atomic E-state index is 0. The molecule has 0 heterocycles. The van der Waals surface area contributed by atoms with Gasteiger partial charge in [0, 0.05) is 6.54 Å². The zero-order valence-electron chi connectivity index (χ0n) is 13.0. The number of hydrogen-bond donors (Lipinski definition) is 1. The maximum absolute atomic E-state index is 5.32. The quantitative estimate of drug-likeness (QED) is 0.607. The van der Waals surface area contributed by atoms with Crippen LogP contribution in [0.1, 0.15) is 37.7 Å². The molecule has 0 saturated heterocycles. The summed E-state index contributed by atoms with van der Waals surface area (Å²) in [5, 5.41) is 3.50. The molecule has 0 fully saturated rings. The van der Waals surface area contributed by atoms with Gasteiger partial charge >= 0.3 is 0 Å². The highest BCUT2D eigenvalue weighted by Crippen LogP contribution is 2.27. The molecule has 1 aliphatic rings. The summed E-state index contributed by atoms with van der Waals surface area (Å²) in [6, 6.07) is 6.07. The van der Waals surface area contributed by atoms with Crippen molar-refractivity contribution in [2.75, 3.05) is 20.8 Å². The van der Waals surface area contributed by atoms with Gasteiger partial charge in [-0.2, -0.15) is 0 Å². The normalized spacial score (nSPS) is 14.1. The summed E-state index contributed by atoms with van der Waals surface area (Å²) < 4.78 is 10.6. The van der Waals surface area contributed by atoms with Gasteiger partial charge in [0.1, 0.15) is 0 Å². The van der Waals surface area contributed by atoms with Crippen molar-refractivity contribution >= 4 is 12.4 Å². The van der Waals surface area contributed by atoms with E-state index in [1.807, 2.05) is 12.1 Å². The molecule has 3 nitrogen and oxygen atoms in total. The Kier molecular flexibility index (Phi) is 8.24. The van der Waals surface area contributed by atoms with Crippen molar-refractivity contribution in [3.63, 3.8) is 0 Å². The van der Waals surface area contributed by atoms with Crippen LogP contribution in [0.25, 0.3) is 0 Å². The maximum atomic E-state index is 5.32. The summed E-state index contributed by atoms with van der Waals surface area (Å²) in [5.74, 6) is 1.57. The molecule has 118 valence electrons. The molecule has 0 amide bonds. The number of allylic oxidation sites excluding steroid dienone is 1. The maximum Gasteiger partial charge on any atom is 0.161 e. The molecule has 0 saturated carbocycles. The third-order valence-electron chi connectivity index (χ3n) is 3.78. The molecule has 21 heavy (non-hydrogen) atoms. The highest BCUT2D eigenvalue weighted by molar-refractivity contribution is 5.85. The second-order valence-corrected chi connectivity index (χ2v) is 5.22. The standard InChI is InChI=1S/C17H25NO2.ClH/c1-19-16-9-8-15(12-17(16)20-2)13-18-11-10-14-6-4-3-5-7-14;/h6,8-9,12,18H,3-5,7,10-11,13H2,1-2H3;1H. The van der Waals surface area contributed by atoms with E-state index in [4.69, 9.17) is 9.47 Å². The Morgan fingerprint density at radius 1 is 1.10 bits per heavy atom. The van der Waals surface area contributed by atoms with Crippen molar-refractivity contribution in [3.8, 4) is 11.5 Å². The molecule has 1 aliphatic carbocycles. The first kappa shape index (κ1) is 17.9. The van der Waals surface area contributed by atoms with E-state index in [2.05, 4.69) is 17.5 Å². The van der Waals surface area contributed by atoms with Gasteiger partial charge in [-0.25, -0.2) is 0 Å². The van der Waals surface area contributed by atoms with Crippen LogP contribution < -0.4 is 14.8 Å². The second-order valence-electron chi connectivity index (χ2n) is 5.22. The Labute approximate surface area is 134 Å². The number of halogens is 1. The second kappa shape index (κ2) is 9.69. The Bertz CT molecular complexity index is 460. The molecule has 1 aromatic carbocycles. The number of benzene rings is 1. The summed E-state index contributed by atoms with van der Waals surface area (Å²) in [4.78, 5) is 0. The van der Waals surface area contributed by atoms with Gasteiger partial charge in [0.2, 0.25) is 0 Å². The topological polar surface area (TPSA) is 30.5 Å². The van der Waals surface area contributed by atoms with E-state index in [0.29, 0.717) is 0 Å². The van der Waals surface area contributed by atoms with Crippen LogP contribution in [0.15, 0.2) is 29.8 Å². The first-order chi connectivity index (χ1) is 9.83. The Morgan fingerprint density at radius 2 is 1.90 bits per heavy atom. The average Bonchev–Trinajstić information content (AvgIpc) is 2.52. The highest BCUT2D eigenvalue weighted by Gasteiger charge is 2.05. The molecule has 0 spiro atoms. The number of rotatable bonds is 7. The van der Waals surface area contributed by atoms with Gasteiger partial charge in [-0.15, -0.1) is 12.4 Å². The third-order valence-corrected chi connectivity index (χ3v) is 3.78. The zero-order valence-corrected chi connectivity index (χ0v) is 13.8. The smallest absolute Gasteiger partial charge is 0.161 e. The van der Waals surface area contributed by atoms with Crippen LogP contribution in [-0.4, -0.2) is 20.8 Å². The van der Waals surface area contributed by atoms with Crippen LogP contribution in [0.3, 0.4) is 0 Å². The van der Waals surface area contributed by atoms with Crippen LogP contribution in [-0.2, 0) is 6.54 Å². The predicted molar refractivity (Wildman–Crippen MR) is 89.7 cm³/mol. The van der Waals surface area contributed by atoms with Crippen molar-refractivity contribution in [2.45, 2.75) is 38.6 Å². The highest BCUT2D eigenvalue weighted by atomic mass is 35.5. The molecule has 1 N–H and O–H groups in total. The Morgan fingerprint density at radius 3 is 2.57 bits per heavy atom. The van der Waals surface area contributed by atoms with E-state index in [1.165, 1.54) is 37.7 Å². The molecule has 0 aromatic heterocycles. The van der Waals surface area contributed by atoms with Crippen molar-refractivity contribution in [3.05, 3.63) is 35.4 Å². The van der Waals surface area contributed by atoms with Gasteiger partial charge in [0.05, 0.1) is 14.2 Å². The molecule has 0 unspecified atom stereocenters. The van der Waals surface area contributed by atoms with E-state index < -0.39 is 0 Å². The van der Waals surface area contributed by atoms with E-state index >= 15 is 0 Å². The van der Waals surface area contributed by atoms with Crippen molar-refractivity contribution in [1.29, 1.82) is 0 Å². The lowest BCUT2D eigenvalue weighted by molar-refractivity contribution is 0.354. The van der Waals surface area contributed by atoms with Crippen LogP contribution >= 0.6 is 12.4 Å². The fourth-order valence-electron chi connectivity index (χ4n) is 2.60. The molecule has 0 aliphatic heterocycles. The molecule has 0 bridgehead atoms. The van der Waals surface area contributed by atoms with E-state index in [0.717, 1.165) is 24.6 Å². The van der Waals surface area contributed by atoms with Gasteiger partial charge < -0.3 is 14.8 Å². The number of methoxy groups -OCH3 is 2. The predicted octanol–water partition coefficient (Wildman–Crippen LogP) is 4.11. The largest absolute Gasteiger partial charge is 0.493 e. The Hall–Kier alpha value is -1.19. The summed E-state index contributed by atoms with van der Waals surface area (Å²) in [6.07, 6.45) is 8.88. The first-order valence-corrected chi connectivity index (χ1v) is 7.43. The lowest BCUT2D eigenvalue weighted by Crippen LogP contribution is -2.15. The van der Waals surface area contributed by atoms with Gasteiger partial charge in [0.25, 0.3) is 0 Å². The van der Waals surface area contributed by atoms with Crippen LogP contribution in [0.2, 0.25) is 0 Å². The lowest BCUT2D eigenvalue weighted by Gasteiger charge is -2.13. The summed E-state index contributed by atoms with van der Waals surface area (Å²) in [5.41, 5.74) is 2.84. The summed E-state index contributed by atoms with van der Waals surface area (Å²) in [6.45, 7) is 1.91. The fourth-order valence-corrected chi connectivity index (χ4v) is 2.60. The number of nitrogens with one attached hydrogen (secondary N) is 1. The average molecular weight is 312 g/mol. The summed E-state index contributed by atoms with van der Waals surface area (Å²) >= 11 is 0. The minimum atomic E-state index is 0. The Balaban J connectivity index is 0.00000220.